The first kappa shape index (κ1) is 15.1. The molecule has 1 aromatic rings. The van der Waals surface area contributed by atoms with Crippen LogP contribution in [0.2, 0.25) is 0 Å². The Morgan fingerprint density at radius 1 is 1.16 bits per heavy atom. The van der Waals surface area contributed by atoms with Gasteiger partial charge in [-0.1, -0.05) is 19.3 Å². The maximum Gasteiger partial charge on any atom is 0.170 e. The van der Waals surface area contributed by atoms with Crippen molar-refractivity contribution in [3.8, 4) is 5.75 Å². The number of rotatable bonds is 2. The Balaban J connectivity index is 1.94. The summed E-state index contributed by atoms with van der Waals surface area (Å²) in [5, 5.41) is 16.8. The fourth-order valence-corrected chi connectivity index (χ4v) is 3.71. The molecule has 0 radical (unpaired) electrons. The Hall–Kier alpha value is -0.330. The van der Waals surface area contributed by atoms with E-state index in [4.69, 9.17) is 12.2 Å². The summed E-state index contributed by atoms with van der Waals surface area (Å²) in [4.78, 5) is 0. The van der Waals surface area contributed by atoms with Crippen molar-refractivity contribution >= 4 is 54.9 Å². The fraction of sp³-hybridized carbons (Fsp3) is 0.462. The van der Waals surface area contributed by atoms with E-state index in [2.05, 4.69) is 42.5 Å². The van der Waals surface area contributed by atoms with E-state index in [0.717, 1.165) is 5.69 Å². The minimum Gasteiger partial charge on any atom is -0.506 e. The van der Waals surface area contributed by atoms with E-state index in [-0.39, 0.29) is 5.75 Å². The zero-order chi connectivity index (χ0) is 13.8. The van der Waals surface area contributed by atoms with Crippen molar-refractivity contribution in [1.29, 1.82) is 0 Å². The topological polar surface area (TPSA) is 44.3 Å². The third kappa shape index (κ3) is 4.33. The molecule has 1 fully saturated rings. The normalized spacial score (nSPS) is 16.1. The number of benzene rings is 1. The van der Waals surface area contributed by atoms with E-state index in [9.17, 15) is 5.11 Å². The van der Waals surface area contributed by atoms with Crippen molar-refractivity contribution in [2.24, 2.45) is 0 Å². The lowest BCUT2D eigenvalue weighted by molar-refractivity contribution is 0.415. The number of hydrogen-bond acceptors (Lipinski definition) is 2. The van der Waals surface area contributed by atoms with Gasteiger partial charge in [0.1, 0.15) is 5.75 Å². The first-order valence-electron chi connectivity index (χ1n) is 6.32. The molecule has 1 aromatic carbocycles. The maximum absolute atomic E-state index is 9.66. The summed E-state index contributed by atoms with van der Waals surface area (Å²) in [5.74, 6) is 0.191. The molecule has 19 heavy (non-hydrogen) atoms. The van der Waals surface area contributed by atoms with Gasteiger partial charge < -0.3 is 15.7 Å². The Morgan fingerprint density at radius 3 is 2.32 bits per heavy atom. The Labute approximate surface area is 135 Å². The van der Waals surface area contributed by atoms with Crippen molar-refractivity contribution in [1.82, 2.24) is 5.32 Å². The predicted octanol–water partition coefficient (Wildman–Crippen LogP) is 4.54. The first-order chi connectivity index (χ1) is 9.06. The van der Waals surface area contributed by atoms with Crippen LogP contribution in [0, 0.1) is 0 Å². The fourth-order valence-electron chi connectivity index (χ4n) is 2.24. The van der Waals surface area contributed by atoms with E-state index in [1.807, 2.05) is 0 Å². The van der Waals surface area contributed by atoms with Crippen molar-refractivity contribution in [2.45, 2.75) is 38.1 Å². The zero-order valence-corrected chi connectivity index (χ0v) is 14.4. The van der Waals surface area contributed by atoms with E-state index in [1.165, 1.54) is 32.1 Å². The second-order valence-corrected chi connectivity index (χ2v) is 6.84. The van der Waals surface area contributed by atoms with E-state index in [0.29, 0.717) is 20.1 Å². The van der Waals surface area contributed by atoms with Gasteiger partial charge in [-0.05, 0) is 69.1 Å². The molecule has 3 N–H and O–H groups in total. The van der Waals surface area contributed by atoms with Crippen molar-refractivity contribution in [3.05, 3.63) is 21.1 Å². The third-order valence-electron chi connectivity index (χ3n) is 3.22. The maximum atomic E-state index is 9.66. The molecule has 0 unspecified atom stereocenters. The minimum absolute atomic E-state index is 0.191. The van der Waals surface area contributed by atoms with Crippen LogP contribution >= 0.6 is 44.1 Å². The largest absolute Gasteiger partial charge is 0.506 e. The van der Waals surface area contributed by atoms with Crippen LogP contribution in [0.25, 0.3) is 0 Å². The smallest absolute Gasteiger partial charge is 0.170 e. The van der Waals surface area contributed by atoms with Gasteiger partial charge in [-0.3, -0.25) is 0 Å². The zero-order valence-electron chi connectivity index (χ0n) is 10.4. The lowest BCUT2D eigenvalue weighted by Gasteiger charge is -2.24. The lowest BCUT2D eigenvalue weighted by atomic mass is 9.96. The van der Waals surface area contributed by atoms with Crippen LogP contribution in [0.1, 0.15) is 32.1 Å². The van der Waals surface area contributed by atoms with Gasteiger partial charge in [-0.2, -0.15) is 0 Å². The molecule has 0 spiro atoms. The van der Waals surface area contributed by atoms with E-state index < -0.39 is 0 Å². The Morgan fingerprint density at radius 2 is 1.74 bits per heavy atom. The van der Waals surface area contributed by atoms with Crippen LogP contribution in [0.3, 0.4) is 0 Å². The molecule has 1 aliphatic carbocycles. The number of hydrogen-bond donors (Lipinski definition) is 3. The second-order valence-electron chi connectivity index (χ2n) is 4.72. The average molecular weight is 408 g/mol. The summed E-state index contributed by atoms with van der Waals surface area (Å²) >= 11 is 11.9. The van der Waals surface area contributed by atoms with Crippen molar-refractivity contribution in [3.63, 3.8) is 0 Å². The molecule has 0 heterocycles. The minimum atomic E-state index is 0.191. The third-order valence-corrected chi connectivity index (χ3v) is 4.64. The van der Waals surface area contributed by atoms with Crippen molar-refractivity contribution in [2.75, 3.05) is 5.32 Å². The highest BCUT2D eigenvalue weighted by Gasteiger charge is 2.14. The number of nitrogens with one attached hydrogen (secondary N) is 2. The number of phenols is 1. The van der Waals surface area contributed by atoms with Crippen LogP contribution in [0.5, 0.6) is 5.75 Å². The monoisotopic (exact) mass is 406 g/mol. The number of thiocarbonyl (C=S) groups is 1. The number of phenolic OH excluding ortho intramolecular Hbond substituents is 1. The van der Waals surface area contributed by atoms with Gasteiger partial charge in [0.15, 0.2) is 5.11 Å². The highest BCUT2D eigenvalue weighted by molar-refractivity contribution is 9.11. The number of aromatic hydroxyl groups is 1. The summed E-state index contributed by atoms with van der Waals surface area (Å²) in [7, 11) is 0. The van der Waals surface area contributed by atoms with Crippen LogP contribution in [0.15, 0.2) is 21.1 Å². The number of halogens is 2. The molecule has 1 aliphatic rings. The molecule has 0 atom stereocenters. The highest BCUT2D eigenvalue weighted by atomic mass is 79.9. The molecule has 3 nitrogen and oxygen atoms in total. The van der Waals surface area contributed by atoms with Gasteiger partial charge in [0.05, 0.1) is 8.95 Å². The molecule has 0 aromatic heterocycles. The van der Waals surface area contributed by atoms with Crippen LogP contribution in [0.4, 0.5) is 5.69 Å². The summed E-state index contributed by atoms with van der Waals surface area (Å²) in [6, 6.07) is 4.09. The molecule has 6 heteroatoms. The molecule has 0 bridgehead atoms. The van der Waals surface area contributed by atoms with Gasteiger partial charge in [-0.25, -0.2) is 0 Å². The molecule has 104 valence electrons. The quantitative estimate of drug-likeness (QED) is 0.497. The SMILES string of the molecule is Oc1c(Br)cc(NC(=S)NC2CCCCC2)cc1Br. The van der Waals surface area contributed by atoms with E-state index in [1.54, 1.807) is 12.1 Å². The highest BCUT2D eigenvalue weighted by Crippen LogP contribution is 2.35. The van der Waals surface area contributed by atoms with Crippen LogP contribution < -0.4 is 10.6 Å². The molecule has 0 amide bonds. The van der Waals surface area contributed by atoms with Crippen LogP contribution in [-0.4, -0.2) is 16.3 Å². The van der Waals surface area contributed by atoms with Gasteiger partial charge in [0.25, 0.3) is 0 Å². The van der Waals surface area contributed by atoms with Gasteiger partial charge in [0.2, 0.25) is 0 Å². The standard InChI is InChI=1S/C13H16Br2N2OS/c14-10-6-9(7-11(15)12(10)18)17-13(19)16-8-4-2-1-3-5-8/h6-8,18H,1-5H2,(H2,16,17,19). The molecule has 2 rings (SSSR count). The lowest BCUT2D eigenvalue weighted by Crippen LogP contribution is -2.38. The summed E-state index contributed by atoms with van der Waals surface area (Å²) in [5.41, 5.74) is 0.838. The number of anilines is 1. The van der Waals surface area contributed by atoms with Crippen LogP contribution in [-0.2, 0) is 0 Å². The predicted molar refractivity (Wildman–Crippen MR) is 89.7 cm³/mol. The second kappa shape index (κ2) is 6.90. The summed E-state index contributed by atoms with van der Waals surface area (Å²) < 4.78 is 1.26. The average Bonchev–Trinajstić information content (AvgIpc) is 2.37. The summed E-state index contributed by atoms with van der Waals surface area (Å²) in [6.45, 7) is 0. The Kier molecular flexibility index (Phi) is 5.47. The van der Waals surface area contributed by atoms with Gasteiger partial charge >= 0.3 is 0 Å². The van der Waals surface area contributed by atoms with E-state index >= 15 is 0 Å². The molecule has 0 saturated heterocycles. The van der Waals surface area contributed by atoms with Gasteiger partial charge in [0, 0.05) is 11.7 Å². The molecular weight excluding hydrogens is 392 g/mol. The van der Waals surface area contributed by atoms with Gasteiger partial charge in [-0.15, -0.1) is 0 Å². The molecule has 0 aliphatic heterocycles. The summed E-state index contributed by atoms with van der Waals surface area (Å²) in [6.07, 6.45) is 6.25. The molecular formula is C13H16Br2N2OS. The van der Waals surface area contributed by atoms with Crippen molar-refractivity contribution < 1.29 is 5.11 Å². The molecule has 1 saturated carbocycles. The first-order valence-corrected chi connectivity index (χ1v) is 8.31. The Bertz CT molecular complexity index is 453.